The van der Waals surface area contributed by atoms with Crippen molar-refractivity contribution in [3.05, 3.63) is 53.6 Å². The molecule has 0 saturated carbocycles. The first kappa shape index (κ1) is 23.4. The van der Waals surface area contributed by atoms with Gasteiger partial charge in [-0.3, -0.25) is 0 Å². The Hall–Kier alpha value is -2.24. The Kier molecular flexibility index (Phi) is 7.84. The summed E-state index contributed by atoms with van der Waals surface area (Å²) in [5, 5.41) is 3.67. The summed E-state index contributed by atoms with van der Waals surface area (Å²) >= 11 is 0. The zero-order valence-electron chi connectivity index (χ0n) is 19.9. The third-order valence-electron chi connectivity index (χ3n) is 7.11. The maximum Gasteiger partial charge on any atom is 0.161 e. The Balaban J connectivity index is 1.72. The van der Waals surface area contributed by atoms with Gasteiger partial charge in [0.25, 0.3) is 0 Å². The van der Waals surface area contributed by atoms with E-state index >= 15 is 0 Å². The lowest BCUT2D eigenvalue weighted by Gasteiger charge is -2.50. The van der Waals surface area contributed by atoms with Gasteiger partial charge in [0.2, 0.25) is 0 Å². The molecule has 5 nitrogen and oxygen atoms in total. The van der Waals surface area contributed by atoms with E-state index in [1.807, 2.05) is 12.1 Å². The highest BCUT2D eigenvalue weighted by Crippen LogP contribution is 2.44. The molecule has 1 saturated heterocycles. The van der Waals surface area contributed by atoms with Crippen LogP contribution in [0.25, 0.3) is 0 Å². The number of nitrogens with zero attached hydrogens (tertiary/aromatic N) is 1. The van der Waals surface area contributed by atoms with Crippen molar-refractivity contribution in [1.82, 2.24) is 10.2 Å². The van der Waals surface area contributed by atoms with Gasteiger partial charge in [-0.1, -0.05) is 25.1 Å². The van der Waals surface area contributed by atoms with Gasteiger partial charge >= 0.3 is 0 Å². The normalized spacial score (nSPS) is 24.1. The number of likely N-dealkylation sites (tertiary alicyclic amines) is 1. The Morgan fingerprint density at radius 1 is 0.968 bits per heavy atom. The molecule has 0 aromatic heterocycles. The molecule has 3 rings (SSSR count). The zero-order valence-corrected chi connectivity index (χ0v) is 19.9. The second-order valence-electron chi connectivity index (χ2n) is 8.89. The van der Waals surface area contributed by atoms with Crippen molar-refractivity contribution >= 4 is 0 Å². The number of rotatable bonds is 9. The molecule has 170 valence electrons. The van der Waals surface area contributed by atoms with Crippen molar-refractivity contribution in [2.24, 2.45) is 5.92 Å². The Labute approximate surface area is 187 Å². The molecule has 1 aliphatic heterocycles. The highest BCUT2D eigenvalue weighted by molar-refractivity contribution is 5.42. The molecule has 0 bridgehead atoms. The maximum atomic E-state index is 5.44. The summed E-state index contributed by atoms with van der Waals surface area (Å²) in [6.45, 7) is 7.63. The average Bonchev–Trinajstić information content (AvgIpc) is 2.79. The smallest absolute Gasteiger partial charge is 0.161 e. The van der Waals surface area contributed by atoms with E-state index in [1.165, 1.54) is 11.1 Å². The van der Waals surface area contributed by atoms with Crippen LogP contribution in [-0.4, -0.2) is 52.4 Å². The molecular weight excluding hydrogens is 388 g/mol. The highest BCUT2D eigenvalue weighted by Gasteiger charge is 2.43. The van der Waals surface area contributed by atoms with Crippen molar-refractivity contribution < 1.29 is 14.2 Å². The van der Waals surface area contributed by atoms with Crippen LogP contribution in [0.3, 0.4) is 0 Å². The Bertz CT molecular complexity index is 839. The van der Waals surface area contributed by atoms with Gasteiger partial charge in [-0.25, -0.2) is 0 Å². The van der Waals surface area contributed by atoms with Crippen LogP contribution in [0, 0.1) is 5.92 Å². The molecule has 1 aliphatic rings. The van der Waals surface area contributed by atoms with Crippen LogP contribution in [0.4, 0.5) is 0 Å². The van der Waals surface area contributed by atoms with Crippen molar-refractivity contribution in [3.63, 3.8) is 0 Å². The van der Waals surface area contributed by atoms with Crippen LogP contribution < -0.4 is 19.5 Å². The van der Waals surface area contributed by atoms with Gasteiger partial charge < -0.3 is 24.4 Å². The van der Waals surface area contributed by atoms with Gasteiger partial charge in [0, 0.05) is 24.5 Å². The van der Waals surface area contributed by atoms with E-state index in [0.29, 0.717) is 12.0 Å². The summed E-state index contributed by atoms with van der Waals surface area (Å²) in [5.74, 6) is 3.03. The fourth-order valence-corrected chi connectivity index (χ4v) is 5.02. The minimum Gasteiger partial charge on any atom is -0.497 e. The van der Waals surface area contributed by atoms with Gasteiger partial charge in [0.05, 0.1) is 21.3 Å². The van der Waals surface area contributed by atoms with Gasteiger partial charge in [0.1, 0.15) is 5.75 Å². The lowest BCUT2D eigenvalue weighted by atomic mass is 9.63. The quantitative estimate of drug-likeness (QED) is 0.599. The van der Waals surface area contributed by atoms with Crippen molar-refractivity contribution in [2.45, 2.75) is 44.7 Å². The van der Waals surface area contributed by atoms with Crippen LogP contribution in [-0.2, 0) is 12.0 Å². The fraction of sp³-hybridized carbons (Fsp3) is 0.538. The van der Waals surface area contributed by atoms with Gasteiger partial charge in [-0.15, -0.1) is 0 Å². The summed E-state index contributed by atoms with van der Waals surface area (Å²) in [5.41, 5.74) is 2.78. The molecule has 0 spiro atoms. The largest absolute Gasteiger partial charge is 0.497 e. The fourth-order valence-electron chi connectivity index (χ4n) is 5.02. The first-order chi connectivity index (χ1) is 14.9. The van der Waals surface area contributed by atoms with E-state index in [2.05, 4.69) is 61.4 Å². The molecule has 1 N–H and O–H groups in total. The van der Waals surface area contributed by atoms with Crippen molar-refractivity contribution in [3.8, 4) is 17.2 Å². The third-order valence-corrected chi connectivity index (χ3v) is 7.11. The second kappa shape index (κ2) is 10.4. The van der Waals surface area contributed by atoms with Crippen LogP contribution in [0.5, 0.6) is 17.2 Å². The number of hydrogen-bond donors (Lipinski definition) is 1. The highest BCUT2D eigenvalue weighted by atomic mass is 16.5. The molecule has 2 aromatic rings. The van der Waals surface area contributed by atoms with Crippen LogP contribution in [0.2, 0.25) is 0 Å². The maximum absolute atomic E-state index is 5.44. The minimum absolute atomic E-state index is 0.156. The van der Waals surface area contributed by atoms with E-state index in [4.69, 9.17) is 14.2 Å². The first-order valence-corrected chi connectivity index (χ1v) is 11.2. The Morgan fingerprint density at radius 3 is 2.32 bits per heavy atom. The Morgan fingerprint density at radius 2 is 1.68 bits per heavy atom. The second-order valence-corrected chi connectivity index (χ2v) is 8.89. The van der Waals surface area contributed by atoms with Crippen molar-refractivity contribution in [1.29, 1.82) is 0 Å². The van der Waals surface area contributed by atoms with Crippen LogP contribution >= 0.6 is 0 Å². The lowest BCUT2D eigenvalue weighted by molar-refractivity contribution is 0.0688. The minimum atomic E-state index is 0.156. The van der Waals surface area contributed by atoms with E-state index in [-0.39, 0.29) is 5.41 Å². The summed E-state index contributed by atoms with van der Waals surface area (Å²) < 4.78 is 16.2. The predicted octanol–water partition coefficient (Wildman–Crippen LogP) is 4.49. The molecule has 0 radical (unpaired) electrons. The number of methoxy groups -OCH3 is 3. The van der Waals surface area contributed by atoms with E-state index < -0.39 is 0 Å². The number of hydrogen-bond acceptors (Lipinski definition) is 5. The summed E-state index contributed by atoms with van der Waals surface area (Å²) in [4.78, 5) is 2.49. The van der Waals surface area contributed by atoms with E-state index in [0.717, 1.165) is 49.7 Å². The topological polar surface area (TPSA) is 43.0 Å². The average molecular weight is 427 g/mol. The molecule has 1 fully saturated rings. The van der Waals surface area contributed by atoms with Crippen molar-refractivity contribution in [2.75, 3.05) is 41.5 Å². The SMILES string of the molecule is COc1ccc([C@]2(CCNCc3ccc(OC)c(OC)c3)C[C@@H](C)N(C)C[C@H]2C)cc1. The molecule has 31 heavy (non-hydrogen) atoms. The van der Waals surface area contributed by atoms with Gasteiger partial charge in [-0.2, -0.15) is 0 Å². The molecule has 0 unspecified atom stereocenters. The number of piperidine rings is 1. The van der Waals surface area contributed by atoms with Crippen LogP contribution in [0.15, 0.2) is 42.5 Å². The van der Waals surface area contributed by atoms with Gasteiger partial charge in [-0.05, 0) is 74.7 Å². The molecular formula is C26H38N2O3. The van der Waals surface area contributed by atoms with Crippen LogP contribution in [0.1, 0.15) is 37.8 Å². The zero-order chi connectivity index (χ0) is 22.4. The van der Waals surface area contributed by atoms with E-state index in [9.17, 15) is 0 Å². The lowest BCUT2D eigenvalue weighted by Crippen LogP contribution is -2.52. The number of benzene rings is 2. The van der Waals surface area contributed by atoms with Gasteiger partial charge in [0.15, 0.2) is 11.5 Å². The standard InChI is InChI=1S/C26H38N2O3/c1-19-18-28(3)20(2)16-26(19,22-8-10-23(29-4)11-9-22)13-14-27-17-21-7-12-24(30-5)25(15-21)31-6/h7-12,15,19-20,27H,13-14,16-18H2,1-6H3/t19-,20-,26-/m1/s1. The number of ether oxygens (including phenoxy) is 3. The molecule has 3 atom stereocenters. The number of nitrogens with one attached hydrogen (secondary N) is 1. The monoisotopic (exact) mass is 426 g/mol. The molecule has 5 heteroatoms. The molecule has 1 heterocycles. The third kappa shape index (κ3) is 5.16. The summed E-state index contributed by atoms with van der Waals surface area (Å²) in [6.07, 6.45) is 2.26. The molecule has 2 aromatic carbocycles. The van der Waals surface area contributed by atoms with E-state index in [1.54, 1.807) is 21.3 Å². The molecule has 0 amide bonds. The predicted molar refractivity (Wildman–Crippen MR) is 126 cm³/mol. The summed E-state index contributed by atoms with van der Waals surface area (Å²) in [6, 6.07) is 15.4. The first-order valence-electron chi connectivity index (χ1n) is 11.2. The summed E-state index contributed by atoms with van der Waals surface area (Å²) in [7, 11) is 7.31. The molecule has 0 aliphatic carbocycles.